The number of carbonyl (C=O) groups is 2. The van der Waals surface area contributed by atoms with E-state index in [1.807, 2.05) is 24.3 Å². The molecule has 0 saturated carbocycles. The van der Waals surface area contributed by atoms with Crippen LogP contribution < -0.4 is 9.47 Å². The molecule has 134 valence electrons. The molecule has 0 aliphatic rings. The number of hydrogen-bond donors (Lipinski definition) is 1. The number of rotatable bonds is 6. The van der Waals surface area contributed by atoms with Crippen LogP contribution in [0, 0.1) is 0 Å². The zero-order chi connectivity index (χ0) is 18.7. The fourth-order valence-corrected chi connectivity index (χ4v) is 2.70. The van der Waals surface area contributed by atoms with Crippen molar-refractivity contribution >= 4 is 22.9 Å². The number of hydrogen-bond acceptors (Lipinski definition) is 5. The van der Waals surface area contributed by atoms with Crippen molar-refractivity contribution in [3.05, 3.63) is 48.0 Å². The van der Waals surface area contributed by atoms with Gasteiger partial charge < -0.3 is 19.0 Å². The van der Waals surface area contributed by atoms with E-state index in [0.717, 1.165) is 16.5 Å². The van der Waals surface area contributed by atoms with Crippen LogP contribution in [0.1, 0.15) is 18.9 Å². The molecule has 3 aromatic rings. The molecule has 0 radical (unpaired) electrons. The fourth-order valence-electron chi connectivity index (χ4n) is 2.70. The lowest BCUT2D eigenvalue weighted by Gasteiger charge is -2.08. The monoisotopic (exact) mass is 354 g/mol. The molecule has 6 heteroatoms. The highest BCUT2D eigenvalue weighted by Crippen LogP contribution is 2.35. The normalized spacial score (nSPS) is 10.7. The van der Waals surface area contributed by atoms with Crippen molar-refractivity contribution in [2.45, 2.75) is 19.8 Å². The molecule has 0 amide bonds. The van der Waals surface area contributed by atoms with Gasteiger partial charge in [0.1, 0.15) is 11.3 Å². The van der Waals surface area contributed by atoms with Gasteiger partial charge in [0.25, 0.3) is 0 Å². The van der Waals surface area contributed by atoms with Gasteiger partial charge in [-0.25, -0.2) is 0 Å². The Kier molecular flexibility index (Phi) is 4.93. The van der Waals surface area contributed by atoms with E-state index in [-0.39, 0.29) is 6.42 Å². The van der Waals surface area contributed by atoms with E-state index in [4.69, 9.17) is 19.0 Å². The summed E-state index contributed by atoms with van der Waals surface area (Å²) in [6.45, 7) is 1.33. The lowest BCUT2D eigenvalue weighted by atomic mass is 10.1. The van der Waals surface area contributed by atoms with Crippen LogP contribution in [0.4, 0.5) is 0 Å². The first kappa shape index (κ1) is 17.5. The summed E-state index contributed by atoms with van der Waals surface area (Å²) < 4.78 is 16.3. The van der Waals surface area contributed by atoms with E-state index in [9.17, 15) is 9.59 Å². The van der Waals surface area contributed by atoms with Gasteiger partial charge in [-0.1, -0.05) is 6.07 Å². The first-order chi connectivity index (χ1) is 12.5. The zero-order valence-electron chi connectivity index (χ0n) is 14.4. The number of carboxylic acids is 1. The van der Waals surface area contributed by atoms with Crippen LogP contribution in [-0.2, 0) is 16.0 Å². The molecule has 6 nitrogen and oxygen atoms in total. The summed E-state index contributed by atoms with van der Waals surface area (Å²) in [7, 11) is 1.50. The predicted molar refractivity (Wildman–Crippen MR) is 95.5 cm³/mol. The Hall–Kier alpha value is -3.28. The second kappa shape index (κ2) is 7.31. The molecule has 0 saturated heterocycles. The third kappa shape index (κ3) is 3.85. The van der Waals surface area contributed by atoms with Crippen molar-refractivity contribution in [3.63, 3.8) is 0 Å². The number of aliphatic carboxylic acids is 1. The molecule has 1 heterocycles. The van der Waals surface area contributed by atoms with E-state index in [2.05, 4.69) is 0 Å². The predicted octanol–water partition coefficient (Wildman–Crippen LogP) is 4.05. The molecule has 3 rings (SSSR count). The van der Waals surface area contributed by atoms with Crippen LogP contribution in [-0.4, -0.2) is 24.2 Å². The molecular formula is C20H18O6. The molecule has 0 bridgehead atoms. The lowest BCUT2D eigenvalue weighted by Crippen LogP contribution is -2.02. The van der Waals surface area contributed by atoms with Crippen LogP contribution in [0.25, 0.3) is 22.3 Å². The third-order valence-corrected chi connectivity index (χ3v) is 3.91. The number of furan rings is 1. The number of aryl methyl sites for hydroxylation is 1. The fraction of sp³-hybridized carbons (Fsp3) is 0.200. The van der Waals surface area contributed by atoms with Gasteiger partial charge in [0, 0.05) is 24.3 Å². The molecule has 0 aliphatic carbocycles. The van der Waals surface area contributed by atoms with E-state index >= 15 is 0 Å². The Labute approximate surface area is 149 Å². The van der Waals surface area contributed by atoms with Gasteiger partial charge in [0.15, 0.2) is 11.5 Å². The topological polar surface area (TPSA) is 86.0 Å². The molecule has 1 N–H and O–H groups in total. The molecule has 26 heavy (non-hydrogen) atoms. The largest absolute Gasteiger partial charge is 0.493 e. The van der Waals surface area contributed by atoms with Gasteiger partial charge in [-0.3, -0.25) is 9.59 Å². The van der Waals surface area contributed by atoms with Crippen LogP contribution in [0.5, 0.6) is 11.5 Å². The summed E-state index contributed by atoms with van der Waals surface area (Å²) in [5.74, 6) is 0.172. The molecule has 0 fully saturated rings. The lowest BCUT2D eigenvalue weighted by molar-refractivity contribution is -0.137. The zero-order valence-corrected chi connectivity index (χ0v) is 14.4. The minimum absolute atomic E-state index is 0.0883. The van der Waals surface area contributed by atoms with Gasteiger partial charge >= 0.3 is 11.9 Å². The Balaban J connectivity index is 1.92. The minimum atomic E-state index is -0.821. The Morgan fingerprint density at radius 3 is 2.58 bits per heavy atom. The summed E-state index contributed by atoms with van der Waals surface area (Å²) in [6.07, 6.45) is 0.557. The second-order valence-corrected chi connectivity index (χ2v) is 5.84. The van der Waals surface area contributed by atoms with Crippen LogP contribution in [0.15, 0.2) is 46.9 Å². The number of fused-ring (bicyclic) bond motifs is 1. The van der Waals surface area contributed by atoms with E-state index in [1.165, 1.54) is 14.0 Å². The van der Waals surface area contributed by atoms with Crippen LogP contribution >= 0.6 is 0 Å². The summed E-state index contributed by atoms with van der Waals surface area (Å²) in [4.78, 5) is 21.9. The maximum absolute atomic E-state index is 11.1. The van der Waals surface area contributed by atoms with E-state index in [1.54, 1.807) is 18.2 Å². The molecule has 0 aliphatic heterocycles. The summed E-state index contributed by atoms with van der Waals surface area (Å²) in [6, 6.07) is 12.7. The number of carboxylic acid groups (broad SMARTS) is 1. The Bertz CT molecular complexity index is 970. The molecule has 0 spiro atoms. The maximum atomic E-state index is 11.1. The molecule has 2 aromatic carbocycles. The van der Waals surface area contributed by atoms with Gasteiger partial charge in [0.05, 0.1) is 7.11 Å². The molecule has 0 unspecified atom stereocenters. The van der Waals surface area contributed by atoms with Gasteiger partial charge in [-0.15, -0.1) is 0 Å². The highest BCUT2D eigenvalue weighted by molar-refractivity contribution is 5.84. The number of esters is 1. The van der Waals surface area contributed by atoms with Crippen molar-refractivity contribution in [1.82, 2.24) is 0 Å². The minimum Gasteiger partial charge on any atom is -0.493 e. The number of carbonyl (C=O) groups excluding carboxylic acids is 1. The smallest absolute Gasteiger partial charge is 0.308 e. The Morgan fingerprint density at radius 2 is 1.88 bits per heavy atom. The highest BCUT2D eigenvalue weighted by Gasteiger charge is 2.12. The first-order valence-electron chi connectivity index (χ1n) is 8.07. The van der Waals surface area contributed by atoms with Crippen LogP contribution in [0.3, 0.4) is 0 Å². The maximum Gasteiger partial charge on any atom is 0.308 e. The quantitative estimate of drug-likeness (QED) is 0.531. The summed E-state index contributed by atoms with van der Waals surface area (Å²) >= 11 is 0. The second-order valence-electron chi connectivity index (χ2n) is 5.84. The Morgan fingerprint density at radius 1 is 1.08 bits per heavy atom. The van der Waals surface area contributed by atoms with Gasteiger partial charge in [-0.05, 0) is 48.4 Å². The molecule has 0 atom stereocenters. The van der Waals surface area contributed by atoms with Crippen molar-refractivity contribution in [3.8, 4) is 22.8 Å². The van der Waals surface area contributed by atoms with Crippen molar-refractivity contribution < 1.29 is 28.6 Å². The average Bonchev–Trinajstić information content (AvgIpc) is 3.03. The van der Waals surface area contributed by atoms with Gasteiger partial charge in [0.2, 0.25) is 0 Å². The number of benzene rings is 2. The van der Waals surface area contributed by atoms with E-state index in [0.29, 0.717) is 29.3 Å². The average molecular weight is 354 g/mol. The van der Waals surface area contributed by atoms with Crippen molar-refractivity contribution in [2.24, 2.45) is 0 Å². The molecular weight excluding hydrogens is 336 g/mol. The van der Waals surface area contributed by atoms with Crippen LogP contribution in [0.2, 0.25) is 0 Å². The molecule has 1 aromatic heterocycles. The van der Waals surface area contributed by atoms with Gasteiger partial charge in [-0.2, -0.15) is 0 Å². The highest BCUT2D eigenvalue weighted by atomic mass is 16.6. The number of ether oxygens (including phenoxy) is 2. The van der Waals surface area contributed by atoms with Crippen molar-refractivity contribution in [2.75, 3.05) is 7.11 Å². The summed E-state index contributed by atoms with van der Waals surface area (Å²) in [5, 5.41) is 9.70. The first-order valence-corrected chi connectivity index (χ1v) is 8.07. The number of methoxy groups -OCH3 is 1. The third-order valence-electron chi connectivity index (χ3n) is 3.91. The van der Waals surface area contributed by atoms with Crippen molar-refractivity contribution in [1.29, 1.82) is 0 Å². The standard InChI is InChI=1S/C20H18O6/c1-12(21)25-17-7-5-14(10-19(17)24-2)18-11-15-9-13(4-8-20(22)23)3-6-16(15)26-18/h3,5-7,9-11H,4,8H2,1-2H3,(H,22,23). The summed E-state index contributed by atoms with van der Waals surface area (Å²) in [5.41, 5.74) is 2.43. The van der Waals surface area contributed by atoms with E-state index < -0.39 is 11.9 Å². The SMILES string of the molecule is COc1cc(-c2cc3cc(CCC(=O)O)ccc3o2)ccc1OC(C)=O.